The first-order chi connectivity index (χ1) is 17.6. The summed E-state index contributed by atoms with van der Waals surface area (Å²) in [4.78, 5) is 21.8. The first-order valence-electron chi connectivity index (χ1n) is 13.0. The van der Waals surface area contributed by atoms with Gasteiger partial charge in [0.25, 0.3) is 0 Å². The minimum atomic E-state index is -1.88. The number of carbonyl (C=O) groups is 2. The molecule has 11 nitrogen and oxygen atoms in total. The molecule has 0 aromatic rings. The highest BCUT2D eigenvalue weighted by molar-refractivity contribution is 5.71. The molecule has 1 saturated carbocycles. The van der Waals surface area contributed by atoms with Gasteiger partial charge in [-0.25, -0.2) is 0 Å². The number of carboxylic acid groups (broad SMARTS) is 2. The summed E-state index contributed by atoms with van der Waals surface area (Å²) in [5.74, 6) is -3.53. The number of unbranched alkanes of at least 4 members (excludes halogenated alkanes) is 3. The molecule has 37 heavy (non-hydrogen) atoms. The Bertz CT molecular complexity index is 770. The number of aliphatic carboxylic acids is 2. The highest BCUT2D eigenvalue weighted by Gasteiger charge is 2.45. The zero-order valence-corrected chi connectivity index (χ0v) is 21.1. The van der Waals surface area contributed by atoms with Gasteiger partial charge in [-0.15, -0.1) is 0 Å². The number of aliphatic hydroxyl groups is 5. The van der Waals surface area contributed by atoms with Crippen molar-refractivity contribution >= 4 is 11.9 Å². The van der Waals surface area contributed by atoms with Crippen LogP contribution in [0, 0.1) is 11.8 Å². The maximum atomic E-state index is 11.3. The van der Waals surface area contributed by atoms with Gasteiger partial charge in [0.1, 0.15) is 24.4 Å². The maximum Gasteiger partial charge on any atom is 0.187 e. The number of allylic oxidation sites excluding steroid dienone is 2. The summed E-state index contributed by atoms with van der Waals surface area (Å²) < 4.78 is 11.0. The SMILES string of the molecule is CCCCC[C@@H](/C=C/[C@@H]1[C@H](C/C=C\CCCC(=O)[O-])[C@@H](O)C[C@H]1O)O[C@@H]1O[C@H](C(=O)[O-])[C@@H](O)[C@H](O)[C@H]1O. The lowest BCUT2D eigenvalue weighted by molar-refractivity contribution is -0.351. The van der Waals surface area contributed by atoms with E-state index >= 15 is 0 Å². The van der Waals surface area contributed by atoms with Crippen molar-refractivity contribution in [1.29, 1.82) is 0 Å². The molecule has 10 atom stereocenters. The summed E-state index contributed by atoms with van der Waals surface area (Å²) >= 11 is 0. The molecule has 0 radical (unpaired) electrons. The van der Waals surface area contributed by atoms with Crippen LogP contribution in [0.5, 0.6) is 0 Å². The Kier molecular flexibility index (Phi) is 13.2. The average Bonchev–Trinajstić information content (AvgIpc) is 3.11. The molecule has 1 aliphatic heterocycles. The normalized spacial score (nSPS) is 35.4. The van der Waals surface area contributed by atoms with Crippen LogP contribution < -0.4 is 10.2 Å². The van der Waals surface area contributed by atoms with Crippen LogP contribution in [-0.2, 0) is 19.1 Å². The summed E-state index contributed by atoms with van der Waals surface area (Å²) in [5, 5.41) is 73.0. The van der Waals surface area contributed by atoms with Gasteiger partial charge in [0, 0.05) is 18.3 Å². The number of ether oxygens (including phenoxy) is 2. The summed E-state index contributed by atoms with van der Waals surface area (Å²) in [6.07, 6.45) is 0.844. The third kappa shape index (κ3) is 9.43. The van der Waals surface area contributed by atoms with E-state index in [0.717, 1.165) is 19.3 Å². The van der Waals surface area contributed by atoms with Gasteiger partial charge in [0.05, 0.1) is 24.3 Å². The first kappa shape index (κ1) is 31.4. The fraction of sp³-hybridized carbons (Fsp3) is 0.769. The molecule has 0 amide bonds. The molecule has 2 rings (SSSR count). The van der Waals surface area contributed by atoms with E-state index in [1.165, 1.54) is 0 Å². The maximum absolute atomic E-state index is 11.3. The second-order valence-corrected chi connectivity index (χ2v) is 9.85. The standard InChI is InChI=1S/C26H42O11/c1-2-3-6-9-15(36-26-23(33)21(31)22(32)24(37-26)25(34)35)12-13-17-16(18(27)14-19(17)28)10-7-4-5-8-11-20(29)30/h4,7,12-13,15-19,21-24,26-28,31-33H,2-3,5-6,8-11,14H2,1H3,(H,29,30)(H,34,35)/p-2/b7-4-,13-12+/t15-,16-,17+,18-,19+,21-,22-,23+,24-,26+/m0/s1. The van der Waals surface area contributed by atoms with Crippen molar-refractivity contribution in [1.82, 2.24) is 0 Å². The van der Waals surface area contributed by atoms with Gasteiger partial charge in [-0.3, -0.25) is 0 Å². The molecule has 5 N–H and O–H groups in total. The second-order valence-electron chi connectivity index (χ2n) is 9.85. The Hall–Kier alpha value is -1.86. The molecule has 212 valence electrons. The summed E-state index contributed by atoms with van der Waals surface area (Å²) in [6, 6.07) is 0. The smallest absolute Gasteiger partial charge is 0.187 e. The Morgan fingerprint density at radius 3 is 2.38 bits per heavy atom. The van der Waals surface area contributed by atoms with Crippen LogP contribution in [-0.4, -0.2) is 86.5 Å². The van der Waals surface area contributed by atoms with Gasteiger partial charge in [0.2, 0.25) is 0 Å². The van der Waals surface area contributed by atoms with Crippen molar-refractivity contribution in [2.24, 2.45) is 11.8 Å². The van der Waals surface area contributed by atoms with Crippen molar-refractivity contribution < 1.29 is 54.8 Å². The van der Waals surface area contributed by atoms with Gasteiger partial charge in [-0.05, 0) is 38.0 Å². The summed E-state index contributed by atoms with van der Waals surface area (Å²) in [5.41, 5.74) is 0. The van der Waals surface area contributed by atoms with Gasteiger partial charge < -0.3 is 54.8 Å². The zero-order valence-electron chi connectivity index (χ0n) is 21.1. The largest absolute Gasteiger partial charge is 0.550 e. The highest BCUT2D eigenvalue weighted by atomic mass is 16.7. The van der Waals surface area contributed by atoms with E-state index in [-0.39, 0.29) is 18.8 Å². The quantitative estimate of drug-likeness (QED) is 0.120. The van der Waals surface area contributed by atoms with Crippen molar-refractivity contribution in [2.45, 2.75) is 114 Å². The van der Waals surface area contributed by atoms with Crippen molar-refractivity contribution in [3.63, 3.8) is 0 Å². The van der Waals surface area contributed by atoms with Crippen molar-refractivity contribution in [3.8, 4) is 0 Å². The lowest BCUT2D eigenvalue weighted by Gasteiger charge is -2.41. The van der Waals surface area contributed by atoms with E-state index < -0.39 is 66.9 Å². The molecule has 1 aliphatic carbocycles. The van der Waals surface area contributed by atoms with Crippen LogP contribution in [0.15, 0.2) is 24.3 Å². The average molecular weight is 529 g/mol. The predicted octanol–water partition coefficient (Wildman–Crippen LogP) is -1.71. The Morgan fingerprint density at radius 1 is 1.00 bits per heavy atom. The molecule has 0 aromatic heterocycles. The van der Waals surface area contributed by atoms with Crippen LogP contribution in [0.2, 0.25) is 0 Å². The molecule has 0 spiro atoms. The lowest BCUT2D eigenvalue weighted by Crippen LogP contribution is -2.63. The lowest BCUT2D eigenvalue weighted by atomic mass is 9.89. The third-order valence-electron chi connectivity index (χ3n) is 6.99. The van der Waals surface area contributed by atoms with Gasteiger partial charge in [0.15, 0.2) is 6.29 Å². The third-order valence-corrected chi connectivity index (χ3v) is 6.99. The van der Waals surface area contributed by atoms with E-state index in [9.17, 15) is 45.3 Å². The topological polar surface area (TPSA) is 200 Å². The van der Waals surface area contributed by atoms with E-state index in [1.807, 2.05) is 19.1 Å². The van der Waals surface area contributed by atoms with Crippen molar-refractivity contribution in [3.05, 3.63) is 24.3 Å². The predicted molar refractivity (Wildman–Crippen MR) is 126 cm³/mol. The minimum Gasteiger partial charge on any atom is -0.550 e. The highest BCUT2D eigenvalue weighted by Crippen LogP contribution is 2.36. The first-order valence-corrected chi connectivity index (χ1v) is 13.0. The van der Waals surface area contributed by atoms with Crippen LogP contribution in [0.1, 0.15) is 64.7 Å². The number of rotatable bonds is 15. The molecule has 2 aliphatic rings. The van der Waals surface area contributed by atoms with E-state index in [0.29, 0.717) is 25.7 Å². The zero-order chi connectivity index (χ0) is 27.5. The molecule has 1 heterocycles. The molecule has 0 unspecified atom stereocenters. The van der Waals surface area contributed by atoms with E-state index in [4.69, 9.17) is 9.47 Å². The Balaban J connectivity index is 2.09. The number of hydrogen-bond acceptors (Lipinski definition) is 11. The van der Waals surface area contributed by atoms with E-state index in [2.05, 4.69) is 0 Å². The fourth-order valence-corrected chi connectivity index (χ4v) is 4.83. The molecule has 0 aromatic carbocycles. The van der Waals surface area contributed by atoms with Crippen LogP contribution in [0.25, 0.3) is 0 Å². The number of hydrogen-bond donors (Lipinski definition) is 5. The molecule has 0 bridgehead atoms. The fourth-order valence-electron chi connectivity index (χ4n) is 4.83. The monoisotopic (exact) mass is 528 g/mol. The van der Waals surface area contributed by atoms with E-state index in [1.54, 1.807) is 12.2 Å². The number of carbonyl (C=O) groups excluding carboxylic acids is 2. The van der Waals surface area contributed by atoms with Crippen LogP contribution in [0.3, 0.4) is 0 Å². The minimum absolute atomic E-state index is 0.0288. The van der Waals surface area contributed by atoms with Crippen molar-refractivity contribution in [2.75, 3.05) is 0 Å². The number of carboxylic acids is 2. The van der Waals surface area contributed by atoms with Gasteiger partial charge in [-0.1, -0.05) is 50.5 Å². The van der Waals surface area contributed by atoms with Gasteiger partial charge in [-0.2, -0.15) is 0 Å². The Morgan fingerprint density at radius 2 is 1.73 bits per heavy atom. The number of aliphatic hydroxyl groups excluding tert-OH is 5. The van der Waals surface area contributed by atoms with Crippen LogP contribution in [0.4, 0.5) is 0 Å². The van der Waals surface area contributed by atoms with Crippen LogP contribution >= 0.6 is 0 Å². The Labute approximate surface area is 217 Å². The molecule has 11 heteroatoms. The van der Waals surface area contributed by atoms with Gasteiger partial charge >= 0.3 is 0 Å². The molecular formula is C26H40O11-2. The summed E-state index contributed by atoms with van der Waals surface area (Å²) in [7, 11) is 0. The summed E-state index contributed by atoms with van der Waals surface area (Å²) in [6.45, 7) is 2.02. The molecule has 1 saturated heterocycles. The second kappa shape index (κ2) is 15.5. The molecular weight excluding hydrogens is 488 g/mol. The molecule has 2 fully saturated rings.